The van der Waals surface area contributed by atoms with E-state index in [2.05, 4.69) is 0 Å². The second-order valence-corrected chi connectivity index (χ2v) is 10.1. The van der Waals surface area contributed by atoms with Gasteiger partial charge in [-0.15, -0.1) is 11.3 Å². The van der Waals surface area contributed by atoms with Crippen LogP contribution >= 0.6 is 34.5 Å². The molecule has 0 N–H and O–H groups in total. The third kappa shape index (κ3) is 4.79. The van der Waals surface area contributed by atoms with Gasteiger partial charge in [-0.1, -0.05) is 35.3 Å². The fraction of sp³-hybridized carbons (Fsp3) is 0.240. The highest BCUT2D eigenvalue weighted by Gasteiger charge is 2.26. The molecule has 0 atom stereocenters. The van der Waals surface area contributed by atoms with Crippen molar-refractivity contribution in [2.75, 3.05) is 13.1 Å². The molecule has 0 saturated carbocycles. The maximum absolute atomic E-state index is 13.8. The van der Waals surface area contributed by atoms with Gasteiger partial charge in [-0.2, -0.15) is 0 Å². The molecule has 0 spiro atoms. The Morgan fingerprint density at radius 2 is 1.78 bits per heavy atom. The Bertz CT molecular complexity index is 1670. The number of carbonyl (C=O) groups is 1. The van der Waals surface area contributed by atoms with E-state index in [0.29, 0.717) is 33.9 Å². The van der Waals surface area contributed by atoms with Crippen LogP contribution in [0.2, 0.25) is 10.0 Å². The van der Waals surface area contributed by atoms with Gasteiger partial charge in [0.1, 0.15) is 4.83 Å². The van der Waals surface area contributed by atoms with E-state index >= 15 is 0 Å². The van der Waals surface area contributed by atoms with Gasteiger partial charge in [-0.25, -0.2) is 9.36 Å². The highest BCUT2D eigenvalue weighted by atomic mass is 35.5. The Hall–Kier alpha value is -3.47. The van der Waals surface area contributed by atoms with E-state index in [1.165, 1.54) is 41.0 Å². The molecular weight excluding hydrogens is 539 g/mol. The summed E-state index contributed by atoms with van der Waals surface area (Å²) in [6.07, 6.45) is 0. The number of aromatic nitrogens is 2. The summed E-state index contributed by atoms with van der Waals surface area (Å²) >= 11 is 13.3. The van der Waals surface area contributed by atoms with Crippen molar-refractivity contribution in [2.24, 2.45) is 0 Å². The zero-order chi connectivity index (χ0) is 27.0. The lowest BCUT2D eigenvalue weighted by Crippen LogP contribution is -2.39. The summed E-state index contributed by atoms with van der Waals surface area (Å²) in [4.78, 5) is 53.9. The van der Waals surface area contributed by atoms with E-state index in [9.17, 15) is 24.5 Å². The third-order valence-corrected chi connectivity index (χ3v) is 8.12. The number of nitro groups is 1. The van der Waals surface area contributed by atoms with E-state index in [0.717, 1.165) is 15.9 Å². The fourth-order valence-electron chi connectivity index (χ4n) is 4.15. The highest BCUT2D eigenvalue weighted by Crippen LogP contribution is 2.30. The number of hydrogen-bond donors (Lipinski definition) is 0. The third-order valence-electron chi connectivity index (χ3n) is 6.08. The lowest BCUT2D eigenvalue weighted by atomic mass is 10.1. The van der Waals surface area contributed by atoms with Gasteiger partial charge in [0.2, 0.25) is 0 Å². The highest BCUT2D eigenvalue weighted by molar-refractivity contribution is 7.20. The molecule has 2 aromatic carbocycles. The van der Waals surface area contributed by atoms with Crippen molar-refractivity contribution in [1.29, 1.82) is 0 Å². The summed E-state index contributed by atoms with van der Waals surface area (Å²) in [5, 5.41) is 11.9. The molecule has 37 heavy (non-hydrogen) atoms. The van der Waals surface area contributed by atoms with Crippen molar-refractivity contribution in [3.63, 3.8) is 0 Å². The fourth-order valence-corrected chi connectivity index (χ4v) is 5.70. The van der Waals surface area contributed by atoms with Crippen molar-refractivity contribution < 1.29 is 9.72 Å². The maximum Gasteiger partial charge on any atom is 0.337 e. The van der Waals surface area contributed by atoms with Crippen molar-refractivity contribution >= 4 is 56.3 Å². The van der Waals surface area contributed by atoms with Gasteiger partial charge in [0.25, 0.3) is 17.2 Å². The van der Waals surface area contributed by atoms with Crippen LogP contribution < -0.4 is 11.2 Å². The predicted octanol–water partition coefficient (Wildman–Crippen LogP) is 5.27. The van der Waals surface area contributed by atoms with Crippen LogP contribution in [0, 0.1) is 17.0 Å². The zero-order valence-corrected chi connectivity index (χ0v) is 22.5. The Morgan fingerprint density at radius 1 is 1.08 bits per heavy atom. The molecule has 12 heteroatoms. The van der Waals surface area contributed by atoms with Gasteiger partial charge in [-0.05, 0) is 50.1 Å². The number of amides is 1. The van der Waals surface area contributed by atoms with Crippen molar-refractivity contribution in [2.45, 2.75) is 27.3 Å². The molecule has 0 fully saturated rings. The first-order valence-electron chi connectivity index (χ1n) is 11.4. The average molecular weight is 561 g/mol. The van der Waals surface area contributed by atoms with Crippen LogP contribution in [0.15, 0.2) is 52.1 Å². The Balaban J connectivity index is 2.05. The molecule has 0 aliphatic carbocycles. The molecule has 0 saturated heterocycles. The minimum absolute atomic E-state index is 0.0581. The summed E-state index contributed by atoms with van der Waals surface area (Å²) in [5.74, 6) is -0.237. The number of carbonyl (C=O) groups excluding carboxylic acids is 1. The monoisotopic (exact) mass is 560 g/mol. The molecule has 0 radical (unpaired) electrons. The van der Waals surface area contributed by atoms with Crippen molar-refractivity contribution in [1.82, 2.24) is 14.0 Å². The standard InChI is InChI=1S/C25H22Cl2N4O5S/c1-4-28(5-2)23(33)21-14(3)20-22(32)30(16-9-10-18(26)19(27)12-16)25(34)29(24(20)37-21)13-15-7-6-8-17(11-15)31(35)36/h6-12H,4-5,13H2,1-3H3. The number of thiophene rings is 1. The minimum atomic E-state index is -0.675. The largest absolute Gasteiger partial charge is 0.338 e. The number of halogens is 2. The van der Waals surface area contributed by atoms with Crippen molar-refractivity contribution in [3.05, 3.63) is 99.5 Å². The molecule has 0 bridgehead atoms. The predicted molar refractivity (Wildman–Crippen MR) is 146 cm³/mol. The number of benzene rings is 2. The smallest absolute Gasteiger partial charge is 0.337 e. The minimum Gasteiger partial charge on any atom is -0.338 e. The molecule has 0 aliphatic heterocycles. The summed E-state index contributed by atoms with van der Waals surface area (Å²) in [5.41, 5.74) is -0.240. The number of fused-ring (bicyclic) bond motifs is 1. The Morgan fingerprint density at radius 3 is 2.41 bits per heavy atom. The van der Waals surface area contributed by atoms with E-state index < -0.39 is 16.2 Å². The van der Waals surface area contributed by atoms with Crippen LogP contribution in [-0.4, -0.2) is 38.0 Å². The normalized spacial score (nSPS) is 11.2. The topological polar surface area (TPSA) is 107 Å². The van der Waals surface area contributed by atoms with Crippen LogP contribution in [0.3, 0.4) is 0 Å². The molecule has 4 aromatic rings. The number of rotatable bonds is 7. The number of aryl methyl sites for hydroxylation is 1. The van der Waals surface area contributed by atoms with E-state index in [1.54, 1.807) is 17.9 Å². The van der Waals surface area contributed by atoms with Crippen LogP contribution in [0.25, 0.3) is 15.9 Å². The van der Waals surface area contributed by atoms with Crippen LogP contribution in [0.4, 0.5) is 5.69 Å². The number of nitro benzene ring substituents is 1. The molecule has 2 heterocycles. The van der Waals surface area contributed by atoms with Crippen molar-refractivity contribution in [3.8, 4) is 5.69 Å². The number of non-ortho nitro benzene ring substituents is 1. The van der Waals surface area contributed by atoms with Gasteiger partial charge in [-0.3, -0.25) is 24.3 Å². The maximum atomic E-state index is 13.8. The first-order valence-corrected chi connectivity index (χ1v) is 12.9. The van der Waals surface area contributed by atoms with Gasteiger partial charge in [0, 0.05) is 25.2 Å². The average Bonchev–Trinajstić information content (AvgIpc) is 3.22. The van der Waals surface area contributed by atoms with Gasteiger partial charge >= 0.3 is 5.69 Å². The van der Waals surface area contributed by atoms with E-state index in [-0.39, 0.29) is 39.3 Å². The number of nitrogens with zero attached hydrogens (tertiary/aromatic N) is 4. The van der Waals surface area contributed by atoms with E-state index in [1.807, 2.05) is 13.8 Å². The molecule has 0 unspecified atom stereocenters. The lowest BCUT2D eigenvalue weighted by Gasteiger charge is -2.17. The zero-order valence-electron chi connectivity index (χ0n) is 20.2. The molecule has 0 aliphatic rings. The molecular formula is C25H22Cl2N4O5S. The number of hydrogen-bond acceptors (Lipinski definition) is 6. The quantitative estimate of drug-likeness (QED) is 0.226. The molecule has 192 valence electrons. The van der Waals surface area contributed by atoms with Gasteiger partial charge in [0.15, 0.2) is 0 Å². The summed E-state index contributed by atoms with van der Waals surface area (Å²) < 4.78 is 2.34. The first-order chi connectivity index (χ1) is 17.6. The SMILES string of the molecule is CCN(CC)C(=O)c1sc2c(c1C)c(=O)n(-c1ccc(Cl)c(Cl)c1)c(=O)n2Cc1cccc([N+](=O)[O-])c1. The first kappa shape index (κ1) is 26.6. The Labute approximate surface area is 225 Å². The summed E-state index contributed by atoms with van der Waals surface area (Å²) in [7, 11) is 0. The summed E-state index contributed by atoms with van der Waals surface area (Å²) in [6, 6.07) is 10.3. The summed E-state index contributed by atoms with van der Waals surface area (Å²) in [6.45, 7) is 6.31. The van der Waals surface area contributed by atoms with Gasteiger partial charge in [0.05, 0.1) is 37.5 Å². The van der Waals surface area contributed by atoms with Crippen LogP contribution in [0.5, 0.6) is 0 Å². The Kier molecular flexibility index (Phi) is 7.54. The van der Waals surface area contributed by atoms with Gasteiger partial charge < -0.3 is 4.90 Å². The lowest BCUT2D eigenvalue weighted by molar-refractivity contribution is -0.384. The molecule has 2 aromatic heterocycles. The molecule has 4 rings (SSSR count). The van der Waals surface area contributed by atoms with E-state index in [4.69, 9.17) is 23.2 Å². The molecule has 9 nitrogen and oxygen atoms in total. The van der Waals surface area contributed by atoms with Crippen LogP contribution in [0.1, 0.15) is 34.6 Å². The second kappa shape index (κ2) is 10.5. The van der Waals surface area contributed by atoms with Crippen LogP contribution in [-0.2, 0) is 6.54 Å². The molecule has 1 amide bonds. The second-order valence-electron chi connectivity index (χ2n) is 8.25.